The maximum Gasteiger partial charge on any atom is 0.0991 e. The van der Waals surface area contributed by atoms with E-state index in [0.717, 1.165) is 24.1 Å². The Morgan fingerprint density at radius 1 is 1.19 bits per heavy atom. The molecule has 0 saturated heterocycles. The van der Waals surface area contributed by atoms with Crippen molar-refractivity contribution in [3.8, 4) is 6.07 Å². The predicted molar refractivity (Wildman–Crippen MR) is 84.7 cm³/mol. The van der Waals surface area contributed by atoms with E-state index in [-0.39, 0.29) is 5.41 Å². The Morgan fingerprint density at radius 3 is 2.81 bits per heavy atom. The van der Waals surface area contributed by atoms with Gasteiger partial charge >= 0.3 is 0 Å². The Kier molecular flexibility index (Phi) is 3.53. The quantitative estimate of drug-likeness (QED) is 0.920. The molecule has 1 aliphatic carbocycles. The lowest BCUT2D eigenvalue weighted by atomic mass is 9.85. The van der Waals surface area contributed by atoms with Crippen LogP contribution in [0, 0.1) is 16.7 Å². The van der Waals surface area contributed by atoms with Crippen LogP contribution in [0.3, 0.4) is 0 Å². The van der Waals surface area contributed by atoms with E-state index >= 15 is 0 Å². The van der Waals surface area contributed by atoms with Gasteiger partial charge in [-0.3, -0.25) is 0 Å². The van der Waals surface area contributed by atoms with E-state index in [1.54, 1.807) is 0 Å². The number of hydrogen-bond acceptors (Lipinski definition) is 2. The molecule has 2 heteroatoms. The largest absolute Gasteiger partial charge is 0.305 e. The Bertz CT molecular complexity index is 695. The molecule has 0 saturated carbocycles. The van der Waals surface area contributed by atoms with Gasteiger partial charge in [0.1, 0.15) is 0 Å². The second kappa shape index (κ2) is 5.35. The molecule has 106 valence electrons. The molecule has 0 spiro atoms. The van der Waals surface area contributed by atoms with Crippen LogP contribution in [-0.4, -0.2) is 0 Å². The Hall–Kier alpha value is -2.11. The van der Waals surface area contributed by atoms with Gasteiger partial charge in [0.25, 0.3) is 0 Å². The molecule has 1 N–H and O–H groups in total. The third-order valence-corrected chi connectivity index (χ3v) is 4.36. The van der Waals surface area contributed by atoms with Crippen molar-refractivity contribution in [2.24, 2.45) is 5.41 Å². The highest BCUT2D eigenvalue weighted by molar-refractivity contribution is 5.38. The van der Waals surface area contributed by atoms with Gasteiger partial charge in [-0.05, 0) is 40.7 Å². The van der Waals surface area contributed by atoms with Crippen molar-refractivity contribution < 1.29 is 0 Å². The number of fused-ring (bicyclic) bond motifs is 1. The monoisotopic (exact) mass is 276 g/mol. The standard InChI is InChI=1S/C19H20N2/c1-19(2)11-16-8-3-4-9-17(16)18(19)21-13-15-7-5-6-14(10-15)12-20/h3-10,18,21H,11,13H2,1-2H3. The average molecular weight is 276 g/mol. The summed E-state index contributed by atoms with van der Waals surface area (Å²) in [6.07, 6.45) is 1.11. The zero-order valence-corrected chi connectivity index (χ0v) is 12.6. The summed E-state index contributed by atoms with van der Waals surface area (Å²) in [5.41, 5.74) is 4.97. The van der Waals surface area contributed by atoms with Crippen molar-refractivity contribution in [2.75, 3.05) is 0 Å². The summed E-state index contributed by atoms with van der Waals surface area (Å²) < 4.78 is 0. The average Bonchev–Trinajstić information content (AvgIpc) is 2.75. The summed E-state index contributed by atoms with van der Waals surface area (Å²) in [5.74, 6) is 0. The van der Waals surface area contributed by atoms with Gasteiger partial charge in [0.2, 0.25) is 0 Å². The second-order valence-corrected chi connectivity index (χ2v) is 6.49. The smallest absolute Gasteiger partial charge is 0.0991 e. The molecule has 0 bridgehead atoms. The first kappa shape index (κ1) is 13.9. The molecule has 2 aromatic carbocycles. The van der Waals surface area contributed by atoms with Crippen LogP contribution in [0.2, 0.25) is 0 Å². The van der Waals surface area contributed by atoms with Crippen LogP contribution < -0.4 is 5.32 Å². The SMILES string of the molecule is CC1(C)Cc2ccccc2C1NCc1cccc(C#N)c1. The Morgan fingerprint density at radius 2 is 2.00 bits per heavy atom. The van der Waals surface area contributed by atoms with E-state index in [9.17, 15) is 0 Å². The van der Waals surface area contributed by atoms with E-state index < -0.39 is 0 Å². The maximum atomic E-state index is 8.98. The molecule has 2 nitrogen and oxygen atoms in total. The van der Waals surface area contributed by atoms with Crippen molar-refractivity contribution in [3.63, 3.8) is 0 Å². The molecule has 1 atom stereocenters. The zero-order valence-electron chi connectivity index (χ0n) is 12.6. The lowest BCUT2D eigenvalue weighted by Crippen LogP contribution is -2.30. The molecule has 1 aliphatic rings. The van der Waals surface area contributed by atoms with Crippen molar-refractivity contribution in [2.45, 2.75) is 32.9 Å². The molecule has 2 aromatic rings. The number of nitrogens with one attached hydrogen (secondary N) is 1. The second-order valence-electron chi connectivity index (χ2n) is 6.49. The summed E-state index contributed by atoms with van der Waals surface area (Å²) in [5, 5.41) is 12.7. The molecule has 0 radical (unpaired) electrons. The number of nitriles is 1. The first-order valence-corrected chi connectivity index (χ1v) is 7.40. The van der Waals surface area contributed by atoms with Crippen molar-refractivity contribution in [3.05, 3.63) is 70.8 Å². The minimum Gasteiger partial charge on any atom is -0.305 e. The van der Waals surface area contributed by atoms with Gasteiger partial charge in [-0.25, -0.2) is 0 Å². The first-order valence-electron chi connectivity index (χ1n) is 7.40. The van der Waals surface area contributed by atoms with Crippen molar-refractivity contribution >= 4 is 0 Å². The molecular weight excluding hydrogens is 256 g/mol. The highest BCUT2D eigenvalue weighted by atomic mass is 14.9. The summed E-state index contributed by atoms with van der Waals surface area (Å²) in [6.45, 7) is 5.42. The molecule has 0 fully saturated rings. The minimum atomic E-state index is 0.219. The van der Waals surface area contributed by atoms with E-state index in [4.69, 9.17) is 5.26 Å². The highest BCUT2D eigenvalue weighted by Crippen LogP contribution is 2.45. The number of nitrogens with zero attached hydrogens (tertiary/aromatic N) is 1. The number of benzene rings is 2. The first-order chi connectivity index (χ1) is 10.1. The van der Waals surface area contributed by atoms with Gasteiger partial charge in [-0.2, -0.15) is 5.26 Å². The van der Waals surface area contributed by atoms with Crippen LogP contribution in [0.4, 0.5) is 0 Å². The van der Waals surface area contributed by atoms with Gasteiger partial charge in [-0.1, -0.05) is 50.2 Å². The van der Waals surface area contributed by atoms with Crippen LogP contribution in [0.25, 0.3) is 0 Å². The van der Waals surface area contributed by atoms with E-state index in [1.807, 2.05) is 18.2 Å². The third-order valence-electron chi connectivity index (χ3n) is 4.36. The molecule has 0 aromatic heterocycles. The van der Waals surface area contributed by atoms with Gasteiger partial charge in [0.15, 0.2) is 0 Å². The lowest BCUT2D eigenvalue weighted by Gasteiger charge is -2.28. The van der Waals surface area contributed by atoms with Gasteiger partial charge < -0.3 is 5.32 Å². The Balaban J connectivity index is 1.79. The summed E-state index contributed by atoms with van der Waals surface area (Å²) in [4.78, 5) is 0. The van der Waals surface area contributed by atoms with Gasteiger partial charge in [-0.15, -0.1) is 0 Å². The summed E-state index contributed by atoms with van der Waals surface area (Å²) in [6, 6.07) is 19.1. The maximum absolute atomic E-state index is 8.98. The number of hydrogen-bond donors (Lipinski definition) is 1. The summed E-state index contributed by atoms with van der Waals surface area (Å²) in [7, 11) is 0. The van der Waals surface area contributed by atoms with Crippen LogP contribution in [-0.2, 0) is 13.0 Å². The number of rotatable bonds is 3. The summed E-state index contributed by atoms with van der Waals surface area (Å²) >= 11 is 0. The third kappa shape index (κ3) is 2.70. The normalized spacial score (nSPS) is 19.0. The van der Waals surface area contributed by atoms with Crippen LogP contribution in [0.1, 0.15) is 42.1 Å². The Labute approximate surface area is 126 Å². The molecule has 1 unspecified atom stereocenters. The van der Waals surface area contributed by atoms with Gasteiger partial charge in [0.05, 0.1) is 11.6 Å². The molecule has 3 rings (SSSR count). The van der Waals surface area contributed by atoms with Crippen molar-refractivity contribution in [1.82, 2.24) is 5.32 Å². The van der Waals surface area contributed by atoms with Crippen LogP contribution in [0.15, 0.2) is 48.5 Å². The lowest BCUT2D eigenvalue weighted by molar-refractivity contribution is 0.268. The molecule has 0 aliphatic heterocycles. The fourth-order valence-electron chi connectivity index (χ4n) is 3.35. The molecule has 0 heterocycles. The van der Waals surface area contributed by atoms with E-state index in [2.05, 4.69) is 55.6 Å². The fraction of sp³-hybridized carbons (Fsp3) is 0.316. The van der Waals surface area contributed by atoms with E-state index in [1.165, 1.54) is 11.1 Å². The molecule has 0 amide bonds. The fourth-order valence-corrected chi connectivity index (χ4v) is 3.35. The topological polar surface area (TPSA) is 35.8 Å². The zero-order chi connectivity index (χ0) is 14.9. The van der Waals surface area contributed by atoms with E-state index in [0.29, 0.717) is 6.04 Å². The van der Waals surface area contributed by atoms with Crippen molar-refractivity contribution in [1.29, 1.82) is 5.26 Å². The molecular formula is C19H20N2. The minimum absolute atomic E-state index is 0.219. The predicted octanol–water partition coefficient (Wildman–Crippen LogP) is 3.97. The van der Waals surface area contributed by atoms with Crippen LogP contribution in [0.5, 0.6) is 0 Å². The molecule has 21 heavy (non-hydrogen) atoms. The van der Waals surface area contributed by atoms with Gasteiger partial charge in [0, 0.05) is 12.6 Å². The highest BCUT2D eigenvalue weighted by Gasteiger charge is 2.38. The van der Waals surface area contributed by atoms with Crippen LogP contribution >= 0.6 is 0 Å².